The highest BCUT2D eigenvalue weighted by Crippen LogP contribution is 2.28. The zero-order valence-electron chi connectivity index (χ0n) is 8.87. The van der Waals surface area contributed by atoms with E-state index in [9.17, 15) is 0 Å². The molecule has 1 heteroatoms. The summed E-state index contributed by atoms with van der Waals surface area (Å²) in [7, 11) is 2.09. The molecule has 1 aromatic rings. The Morgan fingerprint density at radius 2 is 2.00 bits per heavy atom. The molecule has 2 atom stereocenters. The normalized spacial score (nSPS) is 26.6. The van der Waals surface area contributed by atoms with Crippen LogP contribution in [0, 0.1) is 5.92 Å². The van der Waals surface area contributed by atoms with Crippen molar-refractivity contribution < 1.29 is 0 Å². The van der Waals surface area contributed by atoms with Gasteiger partial charge in [0.05, 0.1) is 0 Å². The Hall–Kier alpha value is -0.820. The second-order valence-corrected chi connectivity index (χ2v) is 4.28. The molecule has 0 bridgehead atoms. The van der Waals surface area contributed by atoms with E-state index in [1.165, 1.54) is 31.2 Å². The van der Waals surface area contributed by atoms with Crippen LogP contribution in [0.15, 0.2) is 30.3 Å². The van der Waals surface area contributed by atoms with E-state index in [4.69, 9.17) is 0 Å². The molecule has 1 nitrogen and oxygen atoms in total. The van der Waals surface area contributed by atoms with Crippen LogP contribution in [0.5, 0.6) is 0 Å². The maximum Gasteiger partial charge on any atom is 0.00955 e. The lowest BCUT2D eigenvalue weighted by Gasteiger charge is -2.18. The van der Waals surface area contributed by atoms with Crippen molar-refractivity contribution in [2.45, 2.75) is 31.7 Å². The Morgan fingerprint density at radius 3 is 2.71 bits per heavy atom. The van der Waals surface area contributed by atoms with Crippen molar-refractivity contribution >= 4 is 0 Å². The minimum Gasteiger partial charge on any atom is -0.317 e. The zero-order chi connectivity index (χ0) is 9.80. The van der Waals surface area contributed by atoms with Gasteiger partial charge in [-0.1, -0.05) is 36.8 Å². The van der Waals surface area contributed by atoms with Gasteiger partial charge in [-0.05, 0) is 37.8 Å². The minimum absolute atomic E-state index is 0.746. The van der Waals surface area contributed by atoms with Gasteiger partial charge >= 0.3 is 0 Å². The van der Waals surface area contributed by atoms with Crippen LogP contribution in [-0.2, 0) is 6.42 Å². The fourth-order valence-corrected chi connectivity index (χ4v) is 2.58. The zero-order valence-corrected chi connectivity index (χ0v) is 8.87. The molecule has 0 aromatic heterocycles. The maximum absolute atomic E-state index is 3.43. The molecule has 0 unspecified atom stereocenters. The minimum atomic E-state index is 0.746. The second kappa shape index (κ2) is 4.61. The highest BCUT2D eigenvalue weighted by molar-refractivity contribution is 5.16. The number of benzene rings is 1. The van der Waals surface area contributed by atoms with Crippen LogP contribution in [-0.4, -0.2) is 13.1 Å². The van der Waals surface area contributed by atoms with E-state index in [1.54, 1.807) is 0 Å². The van der Waals surface area contributed by atoms with E-state index < -0.39 is 0 Å². The fraction of sp³-hybridized carbons (Fsp3) is 0.538. The molecule has 0 saturated heterocycles. The summed E-state index contributed by atoms with van der Waals surface area (Å²) in [6.07, 6.45) is 5.38. The van der Waals surface area contributed by atoms with Gasteiger partial charge < -0.3 is 5.32 Å². The lowest BCUT2D eigenvalue weighted by Crippen LogP contribution is -2.29. The van der Waals surface area contributed by atoms with E-state index in [0.717, 1.165) is 12.0 Å². The van der Waals surface area contributed by atoms with E-state index in [-0.39, 0.29) is 0 Å². The van der Waals surface area contributed by atoms with Crippen molar-refractivity contribution in [1.29, 1.82) is 0 Å². The fourth-order valence-electron chi connectivity index (χ4n) is 2.58. The van der Waals surface area contributed by atoms with E-state index in [2.05, 4.69) is 42.7 Å². The Labute approximate surface area is 86.5 Å². The first kappa shape index (κ1) is 9.72. The average molecular weight is 189 g/mol. The summed E-state index contributed by atoms with van der Waals surface area (Å²) in [5, 5.41) is 3.43. The van der Waals surface area contributed by atoms with Gasteiger partial charge in [0.2, 0.25) is 0 Å². The average Bonchev–Trinajstić information content (AvgIpc) is 2.67. The molecule has 1 aliphatic rings. The van der Waals surface area contributed by atoms with Crippen LogP contribution < -0.4 is 5.32 Å². The van der Waals surface area contributed by atoms with Gasteiger partial charge in [-0.2, -0.15) is 0 Å². The molecule has 0 heterocycles. The molecule has 76 valence electrons. The van der Waals surface area contributed by atoms with Crippen LogP contribution in [0.4, 0.5) is 0 Å². The molecule has 1 fully saturated rings. The summed E-state index contributed by atoms with van der Waals surface area (Å²) < 4.78 is 0. The SMILES string of the molecule is CN[C@@H]1CCC[C@@H]1Cc1ccccc1. The second-order valence-electron chi connectivity index (χ2n) is 4.28. The van der Waals surface area contributed by atoms with Crippen molar-refractivity contribution in [1.82, 2.24) is 5.32 Å². The van der Waals surface area contributed by atoms with Crippen molar-refractivity contribution in [3.8, 4) is 0 Å². The predicted octanol–water partition coefficient (Wildman–Crippen LogP) is 2.62. The first-order valence-electron chi connectivity index (χ1n) is 5.61. The van der Waals surface area contributed by atoms with Gasteiger partial charge in [0.25, 0.3) is 0 Å². The molecule has 0 spiro atoms. The quantitative estimate of drug-likeness (QED) is 0.770. The number of rotatable bonds is 3. The molecule has 0 amide bonds. The molecular formula is C13H19N. The van der Waals surface area contributed by atoms with Crippen LogP contribution in [0.2, 0.25) is 0 Å². The summed E-state index contributed by atoms with van der Waals surface area (Å²) in [5.41, 5.74) is 1.49. The van der Waals surface area contributed by atoms with Crippen LogP contribution in [0.1, 0.15) is 24.8 Å². The molecule has 1 N–H and O–H groups in total. The van der Waals surface area contributed by atoms with Gasteiger partial charge in [-0.25, -0.2) is 0 Å². The third-order valence-electron chi connectivity index (χ3n) is 3.37. The van der Waals surface area contributed by atoms with Gasteiger partial charge in [-0.15, -0.1) is 0 Å². The molecule has 1 saturated carbocycles. The van der Waals surface area contributed by atoms with Gasteiger partial charge in [0.15, 0.2) is 0 Å². The Balaban J connectivity index is 1.97. The summed E-state index contributed by atoms with van der Waals surface area (Å²) in [4.78, 5) is 0. The number of nitrogens with one attached hydrogen (secondary N) is 1. The first-order valence-corrected chi connectivity index (χ1v) is 5.61. The topological polar surface area (TPSA) is 12.0 Å². The van der Waals surface area contributed by atoms with E-state index in [0.29, 0.717) is 0 Å². The smallest absolute Gasteiger partial charge is 0.00955 e. The van der Waals surface area contributed by atoms with Crippen molar-refractivity contribution in [2.24, 2.45) is 5.92 Å². The lowest BCUT2D eigenvalue weighted by molar-refractivity contribution is 0.423. The van der Waals surface area contributed by atoms with Gasteiger partial charge in [0, 0.05) is 6.04 Å². The molecule has 0 aliphatic heterocycles. The predicted molar refractivity (Wildman–Crippen MR) is 60.3 cm³/mol. The Morgan fingerprint density at radius 1 is 1.21 bits per heavy atom. The summed E-state index contributed by atoms with van der Waals surface area (Å²) in [6.45, 7) is 0. The largest absolute Gasteiger partial charge is 0.317 e. The van der Waals surface area contributed by atoms with Crippen LogP contribution in [0.3, 0.4) is 0 Å². The Kier molecular flexibility index (Phi) is 3.20. The lowest BCUT2D eigenvalue weighted by atomic mass is 9.95. The summed E-state index contributed by atoms with van der Waals surface area (Å²) >= 11 is 0. The molecule has 1 aromatic carbocycles. The van der Waals surface area contributed by atoms with Gasteiger partial charge in [0.1, 0.15) is 0 Å². The van der Waals surface area contributed by atoms with Crippen molar-refractivity contribution in [3.63, 3.8) is 0 Å². The molecule has 0 radical (unpaired) electrons. The highest BCUT2D eigenvalue weighted by atomic mass is 14.9. The van der Waals surface area contributed by atoms with E-state index >= 15 is 0 Å². The maximum atomic E-state index is 3.43. The first-order chi connectivity index (χ1) is 6.90. The third kappa shape index (κ3) is 2.16. The summed E-state index contributed by atoms with van der Waals surface area (Å²) in [6, 6.07) is 11.6. The van der Waals surface area contributed by atoms with Crippen molar-refractivity contribution in [2.75, 3.05) is 7.05 Å². The highest BCUT2D eigenvalue weighted by Gasteiger charge is 2.25. The Bertz CT molecular complexity index is 268. The molecular weight excluding hydrogens is 170 g/mol. The van der Waals surface area contributed by atoms with Crippen LogP contribution in [0.25, 0.3) is 0 Å². The summed E-state index contributed by atoms with van der Waals surface area (Å²) in [5.74, 6) is 0.849. The number of hydrogen-bond acceptors (Lipinski definition) is 1. The van der Waals surface area contributed by atoms with Crippen molar-refractivity contribution in [3.05, 3.63) is 35.9 Å². The molecule has 14 heavy (non-hydrogen) atoms. The van der Waals surface area contributed by atoms with E-state index in [1.807, 2.05) is 0 Å². The van der Waals surface area contributed by atoms with Crippen LogP contribution >= 0.6 is 0 Å². The standard InChI is InChI=1S/C13H19N/c1-14-13-9-5-8-12(13)10-11-6-3-2-4-7-11/h2-4,6-7,12-14H,5,8-10H2,1H3/t12-,13-/m1/s1. The monoisotopic (exact) mass is 189 g/mol. The van der Waals surface area contributed by atoms with Gasteiger partial charge in [-0.3, -0.25) is 0 Å². The number of hydrogen-bond donors (Lipinski definition) is 1. The third-order valence-corrected chi connectivity index (χ3v) is 3.37. The molecule has 1 aliphatic carbocycles. The molecule has 2 rings (SSSR count).